The van der Waals surface area contributed by atoms with Crippen molar-refractivity contribution in [2.24, 2.45) is 5.16 Å². The van der Waals surface area contributed by atoms with Crippen LogP contribution in [-0.4, -0.2) is 29.7 Å². The average molecular weight is 404 g/mol. The van der Waals surface area contributed by atoms with Crippen molar-refractivity contribution in [2.75, 3.05) is 13.2 Å². The summed E-state index contributed by atoms with van der Waals surface area (Å²) in [5, 5.41) is 12.4. The standard InChI is InChI=1S/C19H21N3O3S2/c1-13(22-24-10-9-20)14-5-7-15(8-6-14)26-17-21-11-16(27-17)19(4)12-23-18(2,3)25-19/h5-8,11H,10,12H2,1-4H3/b22-13+/t19-/m1/s1. The lowest BCUT2D eigenvalue weighted by molar-refractivity contribution is -0.158. The number of oxime groups is 1. The number of rotatable bonds is 6. The molecule has 2 heterocycles. The number of aromatic nitrogens is 1. The maximum atomic E-state index is 8.47. The highest BCUT2D eigenvalue weighted by atomic mass is 32.2. The van der Waals surface area contributed by atoms with Crippen molar-refractivity contribution in [1.82, 2.24) is 4.98 Å². The van der Waals surface area contributed by atoms with E-state index in [1.54, 1.807) is 23.1 Å². The first-order valence-electron chi connectivity index (χ1n) is 8.43. The molecule has 0 unspecified atom stereocenters. The molecule has 0 saturated carbocycles. The molecule has 1 aromatic carbocycles. The Morgan fingerprint density at radius 2 is 2.11 bits per heavy atom. The van der Waals surface area contributed by atoms with Crippen LogP contribution in [0.3, 0.4) is 0 Å². The lowest BCUT2D eigenvalue weighted by Gasteiger charge is -2.23. The van der Waals surface area contributed by atoms with E-state index in [1.165, 1.54) is 0 Å². The van der Waals surface area contributed by atoms with Gasteiger partial charge in [0.2, 0.25) is 6.61 Å². The molecule has 1 saturated heterocycles. The fourth-order valence-corrected chi connectivity index (χ4v) is 4.68. The second-order valence-electron chi connectivity index (χ2n) is 6.75. The molecule has 2 aromatic rings. The van der Waals surface area contributed by atoms with Crippen LogP contribution in [0.2, 0.25) is 0 Å². The summed E-state index contributed by atoms with van der Waals surface area (Å²) >= 11 is 3.23. The first-order valence-corrected chi connectivity index (χ1v) is 10.1. The van der Waals surface area contributed by atoms with Gasteiger partial charge in [-0.15, -0.1) is 11.3 Å². The predicted octanol–water partition coefficient (Wildman–Crippen LogP) is 4.56. The van der Waals surface area contributed by atoms with Crippen LogP contribution < -0.4 is 0 Å². The van der Waals surface area contributed by atoms with E-state index in [9.17, 15) is 0 Å². The average Bonchev–Trinajstić information content (AvgIpc) is 3.21. The van der Waals surface area contributed by atoms with E-state index in [0.29, 0.717) is 6.61 Å². The van der Waals surface area contributed by atoms with Gasteiger partial charge < -0.3 is 14.3 Å². The molecule has 1 aliphatic heterocycles. The van der Waals surface area contributed by atoms with E-state index in [4.69, 9.17) is 19.6 Å². The largest absolute Gasteiger partial charge is 0.380 e. The molecule has 0 radical (unpaired) electrons. The van der Waals surface area contributed by atoms with Crippen LogP contribution in [0.25, 0.3) is 0 Å². The minimum absolute atomic E-state index is 0.0531. The molecule has 27 heavy (non-hydrogen) atoms. The molecule has 3 rings (SSSR count). The number of ether oxygens (including phenoxy) is 2. The van der Waals surface area contributed by atoms with Gasteiger partial charge >= 0.3 is 0 Å². The van der Waals surface area contributed by atoms with Gasteiger partial charge in [-0.05, 0) is 45.4 Å². The summed E-state index contributed by atoms with van der Waals surface area (Å²) in [4.78, 5) is 11.6. The maximum Gasteiger partial charge on any atom is 0.202 e. The van der Waals surface area contributed by atoms with Crippen molar-refractivity contribution in [3.63, 3.8) is 0 Å². The minimum Gasteiger partial charge on any atom is -0.380 e. The third kappa shape index (κ3) is 4.87. The molecule has 6 nitrogen and oxygen atoms in total. The number of thiazole rings is 1. The lowest BCUT2D eigenvalue weighted by Crippen LogP contribution is -2.27. The summed E-state index contributed by atoms with van der Waals surface area (Å²) in [6.07, 6.45) is 1.87. The van der Waals surface area contributed by atoms with Gasteiger partial charge in [-0.3, -0.25) is 0 Å². The van der Waals surface area contributed by atoms with Crippen molar-refractivity contribution in [1.29, 1.82) is 5.26 Å². The van der Waals surface area contributed by atoms with E-state index in [1.807, 2.05) is 64.2 Å². The fraction of sp³-hybridized carbons (Fsp3) is 0.421. The summed E-state index contributed by atoms with van der Waals surface area (Å²) in [7, 11) is 0. The molecule has 142 valence electrons. The molecule has 1 atom stereocenters. The highest BCUT2D eigenvalue weighted by molar-refractivity contribution is 8.01. The third-order valence-electron chi connectivity index (χ3n) is 3.98. The van der Waals surface area contributed by atoms with Gasteiger partial charge in [0.25, 0.3) is 0 Å². The van der Waals surface area contributed by atoms with Crippen molar-refractivity contribution < 1.29 is 14.3 Å². The molecule has 1 fully saturated rings. The van der Waals surface area contributed by atoms with Crippen LogP contribution in [0.1, 0.15) is 38.1 Å². The van der Waals surface area contributed by atoms with Crippen molar-refractivity contribution in [3.05, 3.63) is 40.9 Å². The molecule has 8 heteroatoms. The number of hydrogen-bond donors (Lipinski definition) is 0. The first kappa shape index (κ1) is 19.8. The molecule has 1 aromatic heterocycles. The monoisotopic (exact) mass is 403 g/mol. The second kappa shape index (κ2) is 7.98. The van der Waals surface area contributed by atoms with E-state index in [0.717, 1.165) is 25.4 Å². The Morgan fingerprint density at radius 1 is 1.37 bits per heavy atom. The van der Waals surface area contributed by atoms with E-state index >= 15 is 0 Å². The molecular weight excluding hydrogens is 382 g/mol. The molecule has 0 aliphatic carbocycles. The fourth-order valence-electron chi connectivity index (χ4n) is 2.66. The van der Waals surface area contributed by atoms with E-state index < -0.39 is 11.4 Å². The Morgan fingerprint density at radius 3 is 2.74 bits per heavy atom. The zero-order chi connectivity index (χ0) is 19.5. The smallest absolute Gasteiger partial charge is 0.202 e. The Balaban J connectivity index is 1.66. The van der Waals surface area contributed by atoms with Gasteiger partial charge in [0.05, 0.1) is 17.2 Å². The zero-order valence-electron chi connectivity index (χ0n) is 15.7. The summed E-state index contributed by atoms with van der Waals surface area (Å²) in [5.74, 6) is -0.571. The van der Waals surface area contributed by atoms with Crippen molar-refractivity contribution in [3.8, 4) is 6.07 Å². The number of hydrogen-bond acceptors (Lipinski definition) is 8. The van der Waals surface area contributed by atoms with Crippen LogP contribution >= 0.6 is 23.1 Å². The van der Waals surface area contributed by atoms with Crippen LogP contribution in [0.5, 0.6) is 0 Å². The summed E-state index contributed by atoms with van der Waals surface area (Å²) < 4.78 is 12.7. The molecule has 0 amide bonds. The van der Waals surface area contributed by atoms with Gasteiger partial charge in [-0.2, -0.15) is 5.26 Å². The van der Waals surface area contributed by atoms with Gasteiger partial charge in [0.15, 0.2) is 10.1 Å². The highest BCUT2D eigenvalue weighted by Crippen LogP contribution is 2.42. The van der Waals surface area contributed by atoms with Crippen LogP contribution in [-0.2, 0) is 19.9 Å². The van der Waals surface area contributed by atoms with Crippen molar-refractivity contribution >= 4 is 28.8 Å². The van der Waals surface area contributed by atoms with E-state index in [-0.39, 0.29) is 6.61 Å². The second-order valence-corrected chi connectivity index (χ2v) is 9.10. The Labute approximate surface area is 167 Å². The third-order valence-corrected chi connectivity index (χ3v) is 6.30. The molecule has 0 bridgehead atoms. The maximum absolute atomic E-state index is 8.47. The van der Waals surface area contributed by atoms with Crippen LogP contribution in [0.4, 0.5) is 0 Å². The zero-order valence-corrected chi connectivity index (χ0v) is 17.3. The highest BCUT2D eigenvalue weighted by Gasteiger charge is 2.44. The predicted molar refractivity (Wildman–Crippen MR) is 105 cm³/mol. The Hall–Kier alpha value is -1.92. The number of nitriles is 1. The topological polar surface area (TPSA) is 76.7 Å². The lowest BCUT2D eigenvalue weighted by atomic mass is 10.1. The molecule has 0 spiro atoms. The summed E-state index contributed by atoms with van der Waals surface area (Å²) in [5.41, 5.74) is 1.22. The normalized spacial score (nSPS) is 21.8. The van der Waals surface area contributed by atoms with Crippen molar-refractivity contribution in [2.45, 2.75) is 48.3 Å². The van der Waals surface area contributed by atoms with Gasteiger partial charge in [-0.1, -0.05) is 29.1 Å². The van der Waals surface area contributed by atoms with Crippen LogP contribution in [0, 0.1) is 11.3 Å². The molecule has 1 aliphatic rings. The SMILES string of the molecule is C/C(=N\OCC#N)c1ccc(Sc2ncc([C@@]3(C)COC(C)(C)O3)s2)cc1. The van der Waals surface area contributed by atoms with Gasteiger partial charge in [0.1, 0.15) is 11.7 Å². The van der Waals surface area contributed by atoms with Crippen LogP contribution in [0.15, 0.2) is 44.9 Å². The minimum atomic E-state index is -0.571. The summed E-state index contributed by atoms with van der Waals surface area (Å²) in [6.45, 7) is 8.20. The number of benzene rings is 1. The van der Waals surface area contributed by atoms with E-state index in [2.05, 4.69) is 10.1 Å². The quantitative estimate of drug-likeness (QED) is 0.400. The molecular formula is C19H21N3O3S2. The van der Waals surface area contributed by atoms with Gasteiger partial charge in [0, 0.05) is 11.1 Å². The Bertz CT molecular complexity index is 871. The molecule has 0 N–H and O–H groups in total. The number of nitrogens with zero attached hydrogens (tertiary/aromatic N) is 3. The Kier molecular flexibility index (Phi) is 5.86. The van der Waals surface area contributed by atoms with Gasteiger partial charge in [-0.25, -0.2) is 4.98 Å². The first-order chi connectivity index (χ1) is 12.8. The summed E-state index contributed by atoms with van der Waals surface area (Å²) in [6, 6.07) is 9.87.